The minimum atomic E-state index is -0.109. The van der Waals surface area contributed by atoms with Crippen molar-refractivity contribution in [2.75, 3.05) is 0 Å². The first-order chi connectivity index (χ1) is 8.99. The zero-order valence-corrected chi connectivity index (χ0v) is 12.4. The summed E-state index contributed by atoms with van der Waals surface area (Å²) in [5.41, 5.74) is 4.89. The zero-order chi connectivity index (χ0) is 14.4. The fourth-order valence-electron chi connectivity index (χ4n) is 2.26. The predicted octanol–water partition coefficient (Wildman–Crippen LogP) is 5.70. The van der Waals surface area contributed by atoms with Gasteiger partial charge in [-0.05, 0) is 55.5 Å². The summed E-state index contributed by atoms with van der Waals surface area (Å²) in [5.74, 6) is -0.109. The molecule has 0 heterocycles. The maximum Gasteiger partial charge on any atom is 0.127 e. The molecule has 0 N–H and O–H groups in total. The fraction of sp³-hybridized carbons (Fsp3) is 0.333. The fourth-order valence-corrected chi connectivity index (χ4v) is 2.26. The smallest absolute Gasteiger partial charge is 0.127 e. The van der Waals surface area contributed by atoms with Crippen molar-refractivity contribution in [1.29, 1.82) is 0 Å². The first-order valence-electron chi connectivity index (χ1n) is 6.78. The summed E-state index contributed by atoms with van der Waals surface area (Å²) >= 11 is 0. The molecular weight excluding hydrogens is 235 g/mol. The number of rotatable bonds is 5. The topological polar surface area (TPSA) is 0 Å². The third-order valence-corrected chi connectivity index (χ3v) is 3.06. The Labute approximate surface area is 116 Å². The van der Waals surface area contributed by atoms with Gasteiger partial charge in [-0.15, -0.1) is 0 Å². The second kappa shape index (κ2) is 7.08. The van der Waals surface area contributed by atoms with E-state index in [1.54, 1.807) is 6.07 Å². The highest BCUT2D eigenvalue weighted by Crippen LogP contribution is 2.25. The SMILES string of the molecule is C=C(C)/C=C(C)\C(=C/C)c1ccc(CCC)c(F)c1. The molecule has 1 heteroatoms. The lowest BCUT2D eigenvalue weighted by Gasteiger charge is -2.10. The third kappa shape index (κ3) is 4.20. The molecule has 19 heavy (non-hydrogen) atoms. The van der Waals surface area contributed by atoms with Crippen LogP contribution in [0.2, 0.25) is 0 Å². The van der Waals surface area contributed by atoms with E-state index < -0.39 is 0 Å². The Balaban J connectivity index is 3.14. The Bertz CT molecular complexity index is 518. The van der Waals surface area contributed by atoms with Gasteiger partial charge in [0, 0.05) is 0 Å². The summed E-state index contributed by atoms with van der Waals surface area (Å²) in [6.07, 6.45) is 5.79. The number of hydrogen-bond donors (Lipinski definition) is 0. The van der Waals surface area contributed by atoms with Crippen molar-refractivity contribution in [3.8, 4) is 0 Å². The van der Waals surface area contributed by atoms with Crippen LogP contribution in [-0.2, 0) is 6.42 Å². The molecule has 0 aromatic heterocycles. The molecule has 1 rings (SSSR count). The number of aryl methyl sites for hydroxylation is 1. The van der Waals surface area contributed by atoms with Crippen LogP contribution in [0.25, 0.3) is 5.57 Å². The van der Waals surface area contributed by atoms with E-state index in [2.05, 4.69) is 13.5 Å². The Morgan fingerprint density at radius 1 is 1.32 bits per heavy atom. The van der Waals surface area contributed by atoms with Gasteiger partial charge in [-0.3, -0.25) is 0 Å². The molecule has 1 aromatic carbocycles. The van der Waals surface area contributed by atoms with E-state index in [1.165, 1.54) is 0 Å². The molecule has 0 atom stereocenters. The van der Waals surface area contributed by atoms with Crippen LogP contribution in [0, 0.1) is 5.82 Å². The molecule has 102 valence electrons. The number of hydrogen-bond acceptors (Lipinski definition) is 0. The highest BCUT2D eigenvalue weighted by Gasteiger charge is 2.07. The maximum atomic E-state index is 14.0. The second-order valence-electron chi connectivity index (χ2n) is 4.93. The summed E-state index contributed by atoms with van der Waals surface area (Å²) in [6.45, 7) is 11.9. The third-order valence-electron chi connectivity index (χ3n) is 3.06. The summed E-state index contributed by atoms with van der Waals surface area (Å²) in [4.78, 5) is 0. The molecule has 0 saturated carbocycles. The first-order valence-corrected chi connectivity index (χ1v) is 6.78. The van der Waals surface area contributed by atoms with Crippen molar-refractivity contribution < 1.29 is 4.39 Å². The largest absolute Gasteiger partial charge is 0.207 e. The van der Waals surface area contributed by atoms with Crippen molar-refractivity contribution in [1.82, 2.24) is 0 Å². The Kier molecular flexibility index (Phi) is 5.75. The molecule has 0 spiro atoms. The quantitative estimate of drug-likeness (QED) is 0.594. The van der Waals surface area contributed by atoms with Gasteiger partial charge in [-0.2, -0.15) is 0 Å². The van der Waals surface area contributed by atoms with Gasteiger partial charge in [0.2, 0.25) is 0 Å². The number of allylic oxidation sites excluding steroid dienone is 5. The van der Waals surface area contributed by atoms with Crippen LogP contribution in [-0.4, -0.2) is 0 Å². The van der Waals surface area contributed by atoms with E-state index in [0.29, 0.717) is 0 Å². The van der Waals surface area contributed by atoms with Crippen molar-refractivity contribution in [2.45, 2.75) is 40.5 Å². The monoisotopic (exact) mass is 258 g/mol. The molecule has 0 radical (unpaired) electrons. The highest BCUT2D eigenvalue weighted by atomic mass is 19.1. The van der Waals surface area contributed by atoms with E-state index in [1.807, 2.05) is 45.1 Å². The highest BCUT2D eigenvalue weighted by molar-refractivity contribution is 5.78. The van der Waals surface area contributed by atoms with E-state index in [0.717, 1.165) is 40.7 Å². The average molecular weight is 258 g/mol. The Morgan fingerprint density at radius 2 is 2.00 bits per heavy atom. The summed E-state index contributed by atoms with van der Waals surface area (Å²) in [7, 11) is 0. The molecule has 0 amide bonds. The molecule has 1 aromatic rings. The molecular formula is C18H23F. The van der Waals surface area contributed by atoms with Crippen LogP contribution in [0.15, 0.2) is 48.1 Å². The van der Waals surface area contributed by atoms with Gasteiger partial charge in [0.25, 0.3) is 0 Å². The van der Waals surface area contributed by atoms with Crippen LogP contribution < -0.4 is 0 Å². The van der Waals surface area contributed by atoms with Gasteiger partial charge in [-0.25, -0.2) is 4.39 Å². The zero-order valence-electron chi connectivity index (χ0n) is 12.4. The molecule has 0 aliphatic rings. The van der Waals surface area contributed by atoms with Crippen LogP contribution in [0.5, 0.6) is 0 Å². The summed E-state index contributed by atoms with van der Waals surface area (Å²) in [5, 5.41) is 0. The lowest BCUT2D eigenvalue weighted by Crippen LogP contribution is -1.94. The minimum Gasteiger partial charge on any atom is -0.207 e. The van der Waals surface area contributed by atoms with Gasteiger partial charge in [-0.1, -0.05) is 49.8 Å². The molecule has 0 saturated heterocycles. The van der Waals surface area contributed by atoms with Gasteiger partial charge >= 0.3 is 0 Å². The van der Waals surface area contributed by atoms with E-state index in [4.69, 9.17) is 0 Å². The van der Waals surface area contributed by atoms with Crippen molar-refractivity contribution in [3.63, 3.8) is 0 Å². The van der Waals surface area contributed by atoms with Crippen molar-refractivity contribution in [2.24, 2.45) is 0 Å². The Morgan fingerprint density at radius 3 is 2.47 bits per heavy atom. The number of halogens is 1. The average Bonchev–Trinajstić information content (AvgIpc) is 2.32. The summed E-state index contributed by atoms with van der Waals surface area (Å²) < 4.78 is 14.0. The standard InChI is InChI=1S/C18H23F/c1-6-8-15-9-10-16(12-18(15)19)17(7-2)14(5)11-13(3)4/h7,9-12H,3,6,8H2,1-2,4-5H3/b14-11-,17-7+. The minimum absolute atomic E-state index is 0.109. The predicted molar refractivity (Wildman–Crippen MR) is 82.6 cm³/mol. The van der Waals surface area contributed by atoms with Gasteiger partial charge in [0.15, 0.2) is 0 Å². The molecule has 0 aliphatic heterocycles. The first kappa shape index (κ1) is 15.4. The van der Waals surface area contributed by atoms with Crippen LogP contribution >= 0.6 is 0 Å². The lowest BCUT2D eigenvalue weighted by molar-refractivity contribution is 0.607. The van der Waals surface area contributed by atoms with Crippen LogP contribution in [0.3, 0.4) is 0 Å². The van der Waals surface area contributed by atoms with E-state index in [9.17, 15) is 4.39 Å². The molecule has 0 fully saturated rings. The normalized spacial score (nSPS) is 12.7. The maximum absolute atomic E-state index is 14.0. The lowest BCUT2D eigenvalue weighted by atomic mass is 9.95. The molecule has 0 aliphatic carbocycles. The number of benzene rings is 1. The van der Waals surface area contributed by atoms with Crippen LogP contribution in [0.1, 0.15) is 45.2 Å². The van der Waals surface area contributed by atoms with Gasteiger partial charge < -0.3 is 0 Å². The molecule has 0 unspecified atom stereocenters. The van der Waals surface area contributed by atoms with Crippen molar-refractivity contribution in [3.05, 3.63) is 65.0 Å². The Hall–Kier alpha value is -1.63. The van der Waals surface area contributed by atoms with E-state index >= 15 is 0 Å². The van der Waals surface area contributed by atoms with E-state index in [-0.39, 0.29) is 5.82 Å². The summed E-state index contributed by atoms with van der Waals surface area (Å²) in [6, 6.07) is 5.53. The molecule has 0 nitrogen and oxygen atoms in total. The second-order valence-corrected chi connectivity index (χ2v) is 4.93. The van der Waals surface area contributed by atoms with Crippen LogP contribution in [0.4, 0.5) is 4.39 Å². The molecule has 0 bridgehead atoms. The van der Waals surface area contributed by atoms with Gasteiger partial charge in [0.1, 0.15) is 5.82 Å². The van der Waals surface area contributed by atoms with Gasteiger partial charge in [0.05, 0.1) is 0 Å². The van der Waals surface area contributed by atoms with Crippen molar-refractivity contribution >= 4 is 5.57 Å².